The Morgan fingerprint density at radius 3 is 1.18 bits per heavy atom. The minimum Gasteiger partial charge on any atom is -0.756 e. The summed E-state index contributed by atoms with van der Waals surface area (Å²) in [5, 5.41) is 3.02. The van der Waals surface area contributed by atoms with Crippen LogP contribution in [0.5, 0.6) is 0 Å². The number of carbonyl (C=O) groups is 2. The van der Waals surface area contributed by atoms with Gasteiger partial charge in [-0.3, -0.25) is 14.2 Å². The quantitative estimate of drug-likeness (QED) is 0.0212. The number of phosphoric ester groups is 1. The Hall–Kier alpha value is -3.33. The first-order chi connectivity index (χ1) is 40.4. The lowest BCUT2D eigenvalue weighted by Gasteiger charge is -2.30. The molecule has 0 radical (unpaired) electrons. The third-order valence-corrected chi connectivity index (χ3v) is 15.7. The number of nitrogens with zero attached hydrogens (tertiary/aromatic N) is 1. The molecule has 3 atom stereocenters. The predicted molar refractivity (Wildman–Crippen MR) is 357 cm³/mol. The van der Waals surface area contributed by atoms with E-state index in [9.17, 15) is 19.0 Å². The molecule has 0 saturated heterocycles. The van der Waals surface area contributed by atoms with E-state index in [4.69, 9.17) is 13.8 Å². The fourth-order valence-corrected chi connectivity index (χ4v) is 10.2. The number of likely N-dealkylation sites (N-methyl/N-ethyl adjacent to an activating group) is 1. The number of phosphoric acid groups is 1. The van der Waals surface area contributed by atoms with Gasteiger partial charge in [-0.1, -0.05) is 272 Å². The topological polar surface area (TPSA) is 114 Å². The van der Waals surface area contributed by atoms with E-state index in [-0.39, 0.29) is 31.3 Å². The summed E-state index contributed by atoms with van der Waals surface area (Å²) in [6, 6.07) is -0.908. The Bertz CT molecular complexity index is 1790. The number of nitrogens with one attached hydrogen (secondary N) is 1. The number of allylic oxidation sites excluding steroid dienone is 17. The van der Waals surface area contributed by atoms with E-state index in [1.807, 2.05) is 33.3 Å². The molecule has 10 heteroatoms. The monoisotopic (exact) mass is 1180 g/mol. The Labute approximate surface area is 512 Å². The number of unbranched alkanes of at least 4 members (excludes halogenated alkanes) is 29. The van der Waals surface area contributed by atoms with Crippen LogP contribution in [0.25, 0.3) is 0 Å². The van der Waals surface area contributed by atoms with E-state index in [0.29, 0.717) is 17.4 Å². The van der Waals surface area contributed by atoms with Crippen molar-refractivity contribution in [3.63, 3.8) is 0 Å². The lowest BCUT2D eigenvalue weighted by Crippen LogP contribution is -2.47. The molecule has 0 aromatic rings. The predicted octanol–water partition coefficient (Wildman–Crippen LogP) is 21.0. The van der Waals surface area contributed by atoms with Crippen LogP contribution in [0.2, 0.25) is 0 Å². The highest BCUT2D eigenvalue weighted by Gasteiger charge is 2.27. The molecule has 0 saturated carbocycles. The van der Waals surface area contributed by atoms with Crippen LogP contribution < -0.4 is 10.2 Å². The van der Waals surface area contributed by atoms with Crippen molar-refractivity contribution >= 4 is 19.7 Å². The number of esters is 1. The van der Waals surface area contributed by atoms with Crippen molar-refractivity contribution < 1.29 is 37.3 Å². The molecule has 0 spiro atoms. The van der Waals surface area contributed by atoms with Crippen LogP contribution in [0.4, 0.5) is 0 Å². The van der Waals surface area contributed by atoms with Gasteiger partial charge in [0.05, 0.1) is 33.8 Å². The zero-order chi connectivity index (χ0) is 60.7. The number of ether oxygens (including phenoxy) is 1. The van der Waals surface area contributed by atoms with Gasteiger partial charge < -0.3 is 28.5 Å². The van der Waals surface area contributed by atoms with Gasteiger partial charge in [-0.15, -0.1) is 0 Å². The lowest BCUT2D eigenvalue weighted by molar-refractivity contribution is -0.870. The molecular formula is C73H129N2O7P. The summed E-state index contributed by atoms with van der Waals surface area (Å²) < 4.78 is 30.4. The minimum atomic E-state index is -4.72. The Kier molecular flexibility index (Phi) is 59.3. The van der Waals surface area contributed by atoms with Crippen LogP contribution in [0.15, 0.2) is 109 Å². The van der Waals surface area contributed by atoms with Gasteiger partial charge in [-0.25, -0.2) is 0 Å². The SMILES string of the molecule is CC/C=C\C/C=C\C/C=C\C/C=C\C/C=C\CCCCCCCCCCCCCC(=O)OC(/C=C\CCCCCCCCCCCCC)C(COP(=O)([O-])OCC[N+](C)(C)C)NC(=O)CCCCCC/C=C\C/C=C\C/C=C\CCCCC. The maximum atomic E-state index is 13.6. The Balaban J connectivity index is 5.15. The molecule has 1 N–H and O–H groups in total. The molecule has 0 aromatic heterocycles. The van der Waals surface area contributed by atoms with Crippen molar-refractivity contribution in [1.29, 1.82) is 0 Å². The van der Waals surface area contributed by atoms with Gasteiger partial charge in [0.25, 0.3) is 7.82 Å². The molecule has 0 aliphatic carbocycles. The second-order valence-electron chi connectivity index (χ2n) is 23.9. The summed E-state index contributed by atoms with van der Waals surface area (Å²) in [5.74, 6) is -0.570. The van der Waals surface area contributed by atoms with Crippen molar-refractivity contribution in [3.8, 4) is 0 Å². The van der Waals surface area contributed by atoms with Crippen LogP contribution in [0.1, 0.15) is 290 Å². The fraction of sp³-hybridized carbons (Fsp3) is 0.726. The highest BCUT2D eigenvalue weighted by molar-refractivity contribution is 7.45. The minimum absolute atomic E-state index is 0.0317. The van der Waals surface area contributed by atoms with Gasteiger partial charge in [0.1, 0.15) is 19.3 Å². The summed E-state index contributed by atoms with van der Waals surface area (Å²) in [5.41, 5.74) is 0. The molecule has 83 heavy (non-hydrogen) atoms. The van der Waals surface area contributed by atoms with E-state index in [1.165, 1.54) is 128 Å². The van der Waals surface area contributed by atoms with E-state index < -0.39 is 26.6 Å². The van der Waals surface area contributed by atoms with E-state index in [1.54, 1.807) is 0 Å². The normalized spacial score (nSPS) is 14.3. The Morgan fingerprint density at radius 2 is 0.771 bits per heavy atom. The molecule has 0 bridgehead atoms. The van der Waals surface area contributed by atoms with Gasteiger partial charge in [0, 0.05) is 12.8 Å². The van der Waals surface area contributed by atoms with Crippen LogP contribution in [-0.4, -0.2) is 69.4 Å². The second kappa shape index (κ2) is 61.7. The van der Waals surface area contributed by atoms with Crippen LogP contribution in [0.3, 0.4) is 0 Å². The van der Waals surface area contributed by atoms with Gasteiger partial charge in [0.2, 0.25) is 5.91 Å². The smallest absolute Gasteiger partial charge is 0.306 e. The number of hydrogen-bond acceptors (Lipinski definition) is 7. The van der Waals surface area contributed by atoms with Crippen molar-refractivity contribution in [3.05, 3.63) is 109 Å². The maximum Gasteiger partial charge on any atom is 0.306 e. The summed E-state index contributed by atoms with van der Waals surface area (Å²) in [4.78, 5) is 40.1. The number of carbonyl (C=O) groups excluding carboxylic acids is 2. The third kappa shape index (κ3) is 63.0. The highest BCUT2D eigenvalue weighted by atomic mass is 31.2. The molecule has 3 unspecified atom stereocenters. The molecule has 0 aromatic carbocycles. The number of rotatable bonds is 61. The average molecular weight is 1180 g/mol. The molecular weight excluding hydrogens is 1050 g/mol. The highest BCUT2D eigenvalue weighted by Crippen LogP contribution is 2.38. The molecule has 0 aliphatic heterocycles. The lowest BCUT2D eigenvalue weighted by atomic mass is 10.0. The van der Waals surface area contributed by atoms with Crippen LogP contribution in [0, 0.1) is 0 Å². The summed E-state index contributed by atoms with van der Waals surface area (Å²) in [6.07, 6.45) is 84.9. The second-order valence-corrected chi connectivity index (χ2v) is 25.4. The first kappa shape index (κ1) is 79.7. The molecule has 0 aliphatic rings. The van der Waals surface area contributed by atoms with Gasteiger partial charge in [0.15, 0.2) is 0 Å². The van der Waals surface area contributed by atoms with Crippen molar-refractivity contribution in [2.45, 2.75) is 303 Å². The molecule has 0 heterocycles. The largest absolute Gasteiger partial charge is 0.756 e. The van der Waals surface area contributed by atoms with Crippen molar-refractivity contribution in [2.24, 2.45) is 0 Å². The molecule has 9 nitrogen and oxygen atoms in total. The molecule has 0 fully saturated rings. The van der Waals surface area contributed by atoms with Crippen molar-refractivity contribution in [2.75, 3.05) is 40.9 Å². The zero-order valence-electron chi connectivity index (χ0n) is 54.6. The maximum absolute atomic E-state index is 13.6. The summed E-state index contributed by atoms with van der Waals surface area (Å²) >= 11 is 0. The van der Waals surface area contributed by atoms with Crippen LogP contribution >= 0.6 is 7.82 Å². The number of amides is 1. The standard InChI is InChI=1S/C73H129N2O7P/c1-7-10-13-16-19-22-25-28-30-32-33-34-35-36-37-38-39-40-41-43-45-48-51-54-57-60-63-66-73(77)82-71(64-61-58-55-52-49-46-27-24-21-18-15-12-9-3)70(69-81-83(78,79)80-68-67-75(4,5)6)74-72(76)65-62-59-56-53-50-47-44-42-31-29-26-23-20-17-14-11-8-2/h10,13,19-20,22-23,28-31,33-34,36-37,44,47,61,64,70-71H,7-9,11-12,14-18,21,24-27,32,35,38-43,45-46,48-60,62-63,65-69H2,1-6H3,(H-,74,76,78,79)/b13-10-,22-19-,23-20-,30-28-,31-29-,34-33-,37-36-,47-44-,64-61-. The van der Waals surface area contributed by atoms with Crippen molar-refractivity contribution in [1.82, 2.24) is 5.32 Å². The van der Waals surface area contributed by atoms with Gasteiger partial charge >= 0.3 is 5.97 Å². The molecule has 0 rings (SSSR count). The van der Waals surface area contributed by atoms with E-state index in [0.717, 1.165) is 122 Å². The molecule has 478 valence electrons. The fourth-order valence-electron chi connectivity index (χ4n) is 9.44. The first-order valence-corrected chi connectivity index (χ1v) is 35.7. The van der Waals surface area contributed by atoms with E-state index >= 15 is 0 Å². The zero-order valence-corrected chi connectivity index (χ0v) is 55.5. The summed E-state index contributed by atoms with van der Waals surface area (Å²) in [7, 11) is 1.16. The van der Waals surface area contributed by atoms with Crippen LogP contribution in [-0.2, 0) is 27.9 Å². The van der Waals surface area contributed by atoms with Gasteiger partial charge in [-0.05, 0) is 115 Å². The Morgan fingerprint density at radius 1 is 0.434 bits per heavy atom. The number of quaternary nitrogens is 1. The summed E-state index contributed by atoms with van der Waals surface area (Å²) in [6.45, 7) is 6.69. The molecule has 1 amide bonds. The third-order valence-electron chi connectivity index (χ3n) is 14.7. The average Bonchev–Trinajstić information content (AvgIpc) is 3.47. The van der Waals surface area contributed by atoms with E-state index in [2.05, 4.69) is 123 Å². The number of hydrogen-bond donors (Lipinski definition) is 1. The first-order valence-electron chi connectivity index (χ1n) is 34.2. The van der Waals surface area contributed by atoms with Gasteiger partial charge in [-0.2, -0.15) is 0 Å².